The smallest absolute Gasteiger partial charge is 0.298 e. The molecule has 3 aromatic rings. The molecule has 1 amide bonds. The molecule has 1 fully saturated rings. The van der Waals surface area contributed by atoms with Crippen molar-refractivity contribution in [2.75, 3.05) is 11.9 Å². The molecule has 4 rings (SSSR count). The molecule has 3 atom stereocenters. The number of aromatic nitrogens is 4. The van der Waals surface area contributed by atoms with Crippen molar-refractivity contribution in [2.24, 2.45) is 0 Å². The zero-order valence-corrected chi connectivity index (χ0v) is 14.0. The molecule has 0 saturated carbocycles. The van der Waals surface area contributed by atoms with Gasteiger partial charge in [0.25, 0.3) is 11.9 Å². The Morgan fingerprint density at radius 2 is 2.11 bits per heavy atom. The average molecular weight is 373 g/mol. The Hall–Kier alpha value is -2.95. The molecule has 3 heterocycles. The number of hydrogen-bond donors (Lipinski definition) is 3. The van der Waals surface area contributed by atoms with Crippen LogP contribution in [0, 0.1) is 0 Å². The minimum Gasteiger partial charge on any atom is -0.394 e. The van der Waals surface area contributed by atoms with Gasteiger partial charge in [-0.1, -0.05) is 18.2 Å². The third-order valence-corrected chi connectivity index (χ3v) is 4.36. The van der Waals surface area contributed by atoms with Gasteiger partial charge in [-0.3, -0.25) is 9.36 Å². The predicted molar refractivity (Wildman–Crippen MR) is 91.4 cm³/mol. The van der Waals surface area contributed by atoms with Crippen LogP contribution in [0.2, 0.25) is 0 Å². The van der Waals surface area contributed by atoms with E-state index >= 15 is 4.39 Å². The normalized spacial score (nSPS) is 25.0. The van der Waals surface area contributed by atoms with Gasteiger partial charge in [-0.15, -0.1) is 0 Å². The molecule has 0 bridgehead atoms. The lowest BCUT2D eigenvalue weighted by molar-refractivity contribution is -0.200. The third kappa shape index (κ3) is 3.03. The summed E-state index contributed by atoms with van der Waals surface area (Å²) in [6.45, 7) is -0.521. The van der Waals surface area contributed by atoms with Crippen LogP contribution >= 0.6 is 0 Å². The fourth-order valence-electron chi connectivity index (χ4n) is 3.00. The monoisotopic (exact) mass is 373 g/mol. The maximum absolute atomic E-state index is 15.2. The number of nitrogens with zero attached hydrogens (tertiary/aromatic N) is 4. The van der Waals surface area contributed by atoms with Crippen molar-refractivity contribution in [1.29, 1.82) is 0 Å². The van der Waals surface area contributed by atoms with E-state index in [4.69, 9.17) is 4.74 Å². The first kappa shape index (κ1) is 17.5. The molecule has 2 aromatic heterocycles. The quantitative estimate of drug-likeness (QED) is 0.618. The Balaban J connectivity index is 1.67. The van der Waals surface area contributed by atoms with Gasteiger partial charge in [0.15, 0.2) is 17.0 Å². The summed E-state index contributed by atoms with van der Waals surface area (Å²) in [6, 6.07) is 8.54. The van der Waals surface area contributed by atoms with E-state index in [-0.39, 0.29) is 23.4 Å². The lowest BCUT2D eigenvalue weighted by Gasteiger charge is -2.21. The van der Waals surface area contributed by atoms with Crippen molar-refractivity contribution >= 4 is 22.9 Å². The average Bonchev–Trinajstić information content (AvgIpc) is 3.24. The molecule has 27 heavy (non-hydrogen) atoms. The van der Waals surface area contributed by atoms with Gasteiger partial charge in [-0.2, -0.15) is 4.39 Å². The van der Waals surface area contributed by atoms with Crippen LogP contribution in [0.3, 0.4) is 0 Å². The van der Waals surface area contributed by atoms with Crippen LogP contribution in [0.4, 0.5) is 10.2 Å². The van der Waals surface area contributed by atoms with E-state index in [1.807, 2.05) is 0 Å². The molecule has 140 valence electrons. The number of fused-ring (bicyclic) bond motifs is 1. The first-order valence-electron chi connectivity index (χ1n) is 8.22. The van der Waals surface area contributed by atoms with E-state index in [0.29, 0.717) is 5.56 Å². The van der Waals surface area contributed by atoms with E-state index in [1.165, 1.54) is 6.33 Å². The molecule has 9 nitrogen and oxygen atoms in total. The molecular weight excluding hydrogens is 357 g/mol. The van der Waals surface area contributed by atoms with Gasteiger partial charge in [0.2, 0.25) is 0 Å². The zero-order valence-electron chi connectivity index (χ0n) is 14.0. The highest BCUT2D eigenvalue weighted by Gasteiger charge is 2.49. The zero-order chi connectivity index (χ0) is 19.0. The van der Waals surface area contributed by atoms with Gasteiger partial charge in [0.1, 0.15) is 18.8 Å². The van der Waals surface area contributed by atoms with Crippen molar-refractivity contribution in [2.45, 2.75) is 24.6 Å². The number of aliphatic hydroxyl groups excluding tert-OH is 2. The molecule has 1 aromatic carbocycles. The van der Waals surface area contributed by atoms with E-state index in [2.05, 4.69) is 20.3 Å². The van der Waals surface area contributed by atoms with Crippen molar-refractivity contribution in [1.82, 2.24) is 19.5 Å². The highest BCUT2D eigenvalue weighted by atomic mass is 19.2. The van der Waals surface area contributed by atoms with Crippen molar-refractivity contribution in [3.63, 3.8) is 0 Å². The van der Waals surface area contributed by atoms with Crippen LogP contribution < -0.4 is 5.32 Å². The van der Waals surface area contributed by atoms with Crippen LogP contribution in [-0.2, 0) is 10.7 Å². The molecule has 0 spiro atoms. The second kappa shape index (κ2) is 6.65. The molecule has 1 aliphatic heterocycles. The molecule has 1 aliphatic rings. The number of anilines is 1. The summed E-state index contributed by atoms with van der Waals surface area (Å²) in [7, 11) is 0. The van der Waals surface area contributed by atoms with Crippen molar-refractivity contribution in [3.8, 4) is 0 Å². The van der Waals surface area contributed by atoms with E-state index in [0.717, 1.165) is 10.9 Å². The number of carbonyl (C=O) groups excluding carboxylic acids is 1. The highest BCUT2D eigenvalue weighted by Crippen LogP contribution is 2.38. The first-order chi connectivity index (χ1) is 13.0. The van der Waals surface area contributed by atoms with Crippen LogP contribution in [0.1, 0.15) is 16.8 Å². The fourth-order valence-corrected chi connectivity index (χ4v) is 3.00. The summed E-state index contributed by atoms with van der Waals surface area (Å²) >= 11 is 0. The number of amides is 1. The van der Waals surface area contributed by atoms with Gasteiger partial charge in [-0.05, 0) is 12.1 Å². The van der Waals surface area contributed by atoms with Gasteiger partial charge in [-0.25, -0.2) is 15.0 Å². The van der Waals surface area contributed by atoms with E-state index in [1.54, 1.807) is 30.3 Å². The minimum absolute atomic E-state index is 0.0849. The largest absolute Gasteiger partial charge is 0.394 e. The van der Waals surface area contributed by atoms with Crippen molar-refractivity contribution in [3.05, 3.63) is 48.5 Å². The number of alkyl halides is 1. The predicted octanol–water partition coefficient (Wildman–Crippen LogP) is 0.801. The summed E-state index contributed by atoms with van der Waals surface area (Å²) in [6.07, 6.45) is -0.286. The Bertz CT molecular complexity index is 982. The number of imidazole rings is 1. The standard InChI is InChI=1S/C17H16FN5O4/c18-17(6-11(25)12(7-24)27-17)23-9-21-13-14(19-8-20-15(13)23)22-16(26)10-4-2-1-3-5-10/h1-5,8-9,11-12,24-25H,6-7H2,(H,19,20,22,26)/t11-,12+,17-/m0/s1. The summed E-state index contributed by atoms with van der Waals surface area (Å²) in [4.78, 5) is 24.5. The fraction of sp³-hybridized carbons (Fsp3) is 0.294. The number of aliphatic hydroxyl groups is 2. The number of carbonyl (C=O) groups is 1. The number of hydrogen-bond acceptors (Lipinski definition) is 7. The number of halogens is 1. The second-order valence-corrected chi connectivity index (χ2v) is 6.13. The Labute approximate surface area is 152 Å². The van der Waals surface area contributed by atoms with Gasteiger partial charge in [0.05, 0.1) is 19.1 Å². The highest BCUT2D eigenvalue weighted by molar-refractivity contribution is 6.06. The summed E-state index contributed by atoms with van der Waals surface area (Å²) in [5.74, 6) is -2.70. The van der Waals surface area contributed by atoms with Crippen LogP contribution in [0.5, 0.6) is 0 Å². The summed E-state index contributed by atoms with van der Waals surface area (Å²) < 4.78 is 21.4. The van der Waals surface area contributed by atoms with Crippen LogP contribution in [0.15, 0.2) is 43.0 Å². The Kier molecular flexibility index (Phi) is 4.30. The van der Waals surface area contributed by atoms with Crippen molar-refractivity contribution < 1.29 is 24.1 Å². The SMILES string of the molecule is O=C(Nc1ncnc2c1ncn2[C@@]1(F)C[C@H](O)[C@@H](CO)O1)c1ccccc1. The molecule has 0 radical (unpaired) electrons. The molecule has 0 aliphatic carbocycles. The molecule has 0 unspecified atom stereocenters. The van der Waals surface area contributed by atoms with Gasteiger partial charge < -0.3 is 20.3 Å². The Morgan fingerprint density at radius 1 is 1.33 bits per heavy atom. The maximum Gasteiger partial charge on any atom is 0.298 e. The lowest BCUT2D eigenvalue weighted by atomic mass is 10.2. The van der Waals surface area contributed by atoms with Gasteiger partial charge in [0, 0.05) is 5.56 Å². The number of rotatable bonds is 4. The molecule has 1 saturated heterocycles. The minimum atomic E-state index is -2.42. The Morgan fingerprint density at radius 3 is 2.81 bits per heavy atom. The molecule has 3 N–H and O–H groups in total. The first-order valence-corrected chi connectivity index (χ1v) is 8.22. The van der Waals surface area contributed by atoms with Crippen LogP contribution in [-0.4, -0.2) is 54.5 Å². The summed E-state index contributed by atoms with van der Waals surface area (Å²) in [5.41, 5.74) is 0.685. The van der Waals surface area contributed by atoms with Gasteiger partial charge >= 0.3 is 0 Å². The van der Waals surface area contributed by atoms with E-state index < -0.39 is 30.7 Å². The molecule has 10 heteroatoms. The lowest BCUT2D eigenvalue weighted by Crippen LogP contribution is -2.29. The topological polar surface area (TPSA) is 122 Å². The number of ether oxygens (including phenoxy) is 1. The number of benzene rings is 1. The summed E-state index contributed by atoms with van der Waals surface area (Å²) in [5, 5.41) is 21.7. The second-order valence-electron chi connectivity index (χ2n) is 6.13. The molecular formula is C17H16FN5O4. The van der Waals surface area contributed by atoms with Crippen LogP contribution in [0.25, 0.3) is 11.2 Å². The number of nitrogens with one attached hydrogen (secondary N) is 1. The maximum atomic E-state index is 15.2. The van der Waals surface area contributed by atoms with E-state index in [9.17, 15) is 15.0 Å². The third-order valence-electron chi connectivity index (χ3n) is 4.36.